The zero-order valence-electron chi connectivity index (χ0n) is 12.5. The second kappa shape index (κ2) is 8.89. The van der Waals surface area contributed by atoms with E-state index in [1.165, 1.54) is 18.2 Å². The molecule has 0 saturated heterocycles. The van der Waals surface area contributed by atoms with Gasteiger partial charge >= 0.3 is 5.97 Å². The summed E-state index contributed by atoms with van der Waals surface area (Å²) in [5.41, 5.74) is 7.78. The van der Waals surface area contributed by atoms with Crippen LogP contribution < -0.4 is 11.2 Å². The number of aliphatic carboxylic acids is 1. The molecule has 0 saturated carbocycles. The fourth-order valence-electron chi connectivity index (χ4n) is 1.64. The largest absolute Gasteiger partial charge is 0.480 e. The van der Waals surface area contributed by atoms with E-state index in [1.807, 2.05) is 5.48 Å². The average Bonchev–Trinajstić information content (AvgIpc) is 3.04. The first-order valence-electron chi connectivity index (χ1n) is 6.80. The summed E-state index contributed by atoms with van der Waals surface area (Å²) in [6.45, 7) is 0. The first-order valence-corrected chi connectivity index (χ1v) is 8.58. The summed E-state index contributed by atoms with van der Waals surface area (Å²) < 4.78 is 18.1. The Labute approximate surface area is 153 Å². The van der Waals surface area contributed by atoms with E-state index in [1.54, 1.807) is 0 Å². The van der Waals surface area contributed by atoms with Gasteiger partial charge in [-0.1, -0.05) is 0 Å². The Hall–Kier alpha value is -2.02. The Morgan fingerprint density at radius 2 is 2.28 bits per heavy atom. The molecule has 1 aromatic heterocycles. The van der Waals surface area contributed by atoms with Crippen LogP contribution in [0.5, 0.6) is 0 Å². The second-order valence-corrected chi connectivity index (χ2v) is 6.61. The number of carboxylic acids is 1. The zero-order chi connectivity index (χ0) is 18.4. The summed E-state index contributed by atoms with van der Waals surface area (Å²) >= 11 is 4.19. The van der Waals surface area contributed by atoms with Crippen molar-refractivity contribution >= 4 is 45.2 Å². The Morgan fingerprint density at radius 1 is 1.52 bits per heavy atom. The Bertz CT molecular complexity index is 788. The van der Waals surface area contributed by atoms with Crippen molar-refractivity contribution in [3.05, 3.63) is 34.2 Å². The molecule has 1 heterocycles. The number of carboxylic acid groups (broad SMARTS) is 1. The second-order valence-electron chi connectivity index (χ2n) is 4.67. The number of nitrogens with zero attached hydrogens (tertiary/aromatic N) is 3. The number of hydrogen-bond acceptors (Lipinski definition) is 8. The van der Waals surface area contributed by atoms with Gasteiger partial charge < -0.3 is 10.8 Å². The standard InChI is InChI=1S/C13H13BrFN5O4S/c14-7-5-6(1-2-8(7)15)17-11(18-23)10-12(20-24-19-10)25-4-3-9(16)13(21)22/h1-2,5,9,23H,3-4,16H2,(H,17,18)(H,21,22)/t9-/m0/s1. The molecule has 0 aliphatic heterocycles. The maximum Gasteiger partial charge on any atom is 0.320 e. The highest BCUT2D eigenvalue weighted by Crippen LogP contribution is 2.25. The minimum atomic E-state index is -1.10. The number of hydrogen-bond donors (Lipinski definition) is 4. The number of carbonyl (C=O) groups is 1. The molecule has 0 radical (unpaired) electrons. The van der Waals surface area contributed by atoms with Crippen molar-refractivity contribution < 1.29 is 24.1 Å². The molecule has 9 nitrogen and oxygen atoms in total. The molecular weight excluding hydrogens is 421 g/mol. The van der Waals surface area contributed by atoms with Gasteiger partial charge in [-0.3, -0.25) is 15.5 Å². The van der Waals surface area contributed by atoms with Gasteiger partial charge in [-0.05, 0) is 50.9 Å². The molecule has 0 fully saturated rings. The Morgan fingerprint density at radius 3 is 2.92 bits per heavy atom. The number of nitrogens with two attached hydrogens (primary N) is 1. The van der Waals surface area contributed by atoms with E-state index in [9.17, 15) is 14.4 Å². The van der Waals surface area contributed by atoms with Crippen molar-refractivity contribution in [2.75, 3.05) is 5.75 Å². The van der Waals surface area contributed by atoms with Gasteiger partial charge in [-0.15, -0.1) is 11.8 Å². The molecule has 1 atom stereocenters. The van der Waals surface area contributed by atoms with E-state index >= 15 is 0 Å². The van der Waals surface area contributed by atoms with E-state index < -0.39 is 17.8 Å². The summed E-state index contributed by atoms with van der Waals surface area (Å²) in [7, 11) is 0. The van der Waals surface area contributed by atoms with E-state index in [2.05, 4.69) is 35.9 Å². The monoisotopic (exact) mass is 433 g/mol. The molecule has 134 valence electrons. The first kappa shape index (κ1) is 19.3. The number of halogens is 2. The lowest BCUT2D eigenvalue weighted by Gasteiger charge is -2.05. The van der Waals surface area contributed by atoms with Crippen molar-refractivity contribution in [2.24, 2.45) is 10.7 Å². The van der Waals surface area contributed by atoms with Crippen LogP contribution >= 0.6 is 27.7 Å². The molecule has 0 bridgehead atoms. The number of hydroxylamine groups is 1. The van der Waals surface area contributed by atoms with Crippen LogP contribution in [0.3, 0.4) is 0 Å². The van der Waals surface area contributed by atoms with E-state index in [-0.39, 0.29) is 22.4 Å². The number of benzene rings is 1. The number of aromatic nitrogens is 2. The van der Waals surface area contributed by atoms with Gasteiger partial charge in [0.05, 0.1) is 10.2 Å². The maximum absolute atomic E-state index is 13.3. The number of thioether (sulfide) groups is 1. The van der Waals surface area contributed by atoms with Gasteiger partial charge in [0, 0.05) is 5.75 Å². The molecule has 5 N–H and O–H groups in total. The summed E-state index contributed by atoms with van der Waals surface area (Å²) in [6, 6.07) is 3.04. The lowest BCUT2D eigenvalue weighted by molar-refractivity contribution is -0.138. The van der Waals surface area contributed by atoms with Crippen molar-refractivity contribution in [2.45, 2.75) is 17.5 Å². The van der Waals surface area contributed by atoms with Gasteiger partial charge in [0.1, 0.15) is 11.9 Å². The molecule has 12 heteroatoms. The predicted molar refractivity (Wildman–Crippen MR) is 90.5 cm³/mol. The highest BCUT2D eigenvalue weighted by atomic mass is 79.9. The zero-order valence-corrected chi connectivity index (χ0v) is 14.9. The van der Waals surface area contributed by atoms with E-state index in [4.69, 9.17) is 10.8 Å². The van der Waals surface area contributed by atoms with E-state index in [0.717, 1.165) is 11.8 Å². The molecule has 25 heavy (non-hydrogen) atoms. The van der Waals surface area contributed by atoms with Gasteiger partial charge in [0.2, 0.25) is 0 Å². The third-order valence-corrected chi connectivity index (χ3v) is 4.51. The van der Waals surface area contributed by atoms with E-state index in [0.29, 0.717) is 16.5 Å². The highest BCUT2D eigenvalue weighted by molar-refractivity contribution is 9.10. The lowest BCUT2D eigenvalue weighted by atomic mass is 10.2. The van der Waals surface area contributed by atoms with Crippen LogP contribution in [0, 0.1) is 5.82 Å². The average molecular weight is 434 g/mol. The number of nitrogens with one attached hydrogen (secondary N) is 1. The molecule has 2 aromatic rings. The summed E-state index contributed by atoms with van der Waals surface area (Å²) in [6.07, 6.45) is 0.205. The molecule has 1 aromatic carbocycles. The molecule has 0 unspecified atom stereocenters. The minimum Gasteiger partial charge on any atom is -0.480 e. The number of amidine groups is 1. The topological polar surface area (TPSA) is 147 Å². The maximum atomic E-state index is 13.3. The fourth-order valence-corrected chi connectivity index (χ4v) is 2.93. The third kappa shape index (κ3) is 5.22. The first-order chi connectivity index (χ1) is 11.9. The quantitative estimate of drug-likeness (QED) is 0.222. The SMILES string of the molecule is N[C@@H](CCSc1nonc1C(=Nc1ccc(F)c(Br)c1)NO)C(=O)O. The molecular formula is C13H13BrFN5O4S. The summed E-state index contributed by atoms with van der Waals surface area (Å²) in [5, 5.41) is 25.7. The normalized spacial score (nSPS) is 12.9. The molecule has 0 spiro atoms. The Balaban J connectivity index is 2.16. The van der Waals surface area contributed by atoms with Gasteiger partial charge in [0.25, 0.3) is 0 Å². The van der Waals surface area contributed by atoms with Crippen molar-refractivity contribution in [3.63, 3.8) is 0 Å². The number of rotatable bonds is 7. The van der Waals surface area contributed by atoms with Crippen LogP contribution in [0.4, 0.5) is 10.1 Å². The van der Waals surface area contributed by atoms with Gasteiger partial charge in [0.15, 0.2) is 16.6 Å². The molecule has 2 rings (SSSR count). The van der Waals surface area contributed by atoms with Gasteiger partial charge in [-0.25, -0.2) is 14.0 Å². The van der Waals surface area contributed by atoms with Crippen LogP contribution in [0.1, 0.15) is 12.1 Å². The number of aliphatic imine (C=N–C) groups is 1. The van der Waals surface area contributed by atoms with Crippen LogP contribution in [0.15, 0.2) is 37.3 Å². The van der Waals surface area contributed by atoms with Crippen LogP contribution in [-0.2, 0) is 4.79 Å². The molecule has 0 amide bonds. The van der Waals surface area contributed by atoms with Crippen LogP contribution in [0.25, 0.3) is 0 Å². The summed E-state index contributed by atoms with van der Waals surface area (Å²) in [4.78, 5) is 14.8. The lowest BCUT2D eigenvalue weighted by Crippen LogP contribution is -2.30. The third-order valence-electron chi connectivity index (χ3n) is 2.92. The fraction of sp³-hybridized carbons (Fsp3) is 0.231. The smallest absolute Gasteiger partial charge is 0.320 e. The van der Waals surface area contributed by atoms with Crippen LogP contribution in [0.2, 0.25) is 0 Å². The molecule has 0 aliphatic carbocycles. The highest BCUT2D eigenvalue weighted by Gasteiger charge is 2.18. The minimum absolute atomic E-state index is 0.0650. The van der Waals surface area contributed by atoms with Crippen LogP contribution in [-0.4, -0.2) is 44.2 Å². The van der Waals surface area contributed by atoms with Gasteiger partial charge in [-0.2, -0.15) is 0 Å². The van der Waals surface area contributed by atoms with Crippen molar-refractivity contribution in [1.82, 2.24) is 15.8 Å². The van der Waals surface area contributed by atoms with Crippen molar-refractivity contribution in [1.29, 1.82) is 0 Å². The Kier molecular flexibility index (Phi) is 6.87. The predicted octanol–water partition coefficient (Wildman–Crippen LogP) is 1.92. The summed E-state index contributed by atoms with van der Waals surface area (Å²) in [5.74, 6) is -1.27. The van der Waals surface area contributed by atoms with Crippen molar-refractivity contribution in [3.8, 4) is 0 Å². The molecule has 0 aliphatic rings.